The second kappa shape index (κ2) is 8.49. The van der Waals surface area contributed by atoms with Crippen molar-refractivity contribution in [3.8, 4) is 10.8 Å². The van der Waals surface area contributed by atoms with E-state index in [1.54, 1.807) is 31.2 Å². The van der Waals surface area contributed by atoms with E-state index in [9.17, 15) is 14.0 Å². The van der Waals surface area contributed by atoms with Crippen molar-refractivity contribution in [3.05, 3.63) is 82.6 Å². The molecule has 0 saturated carbocycles. The SMILES string of the molecule is Cc1ccc(-c2nc(C)c(C(=O)Nc3cc(F)ccc3NC(=O)c3ccccn3)s2)o1. The molecule has 2 amide bonds. The second-order valence-corrected chi connectivity index (χ2v) is 7.66. The largest absolute Gasteiger partial charge is 0.459 e. The maximum absolute atomic E-state index is 13.9. The van der Waals surface area contributed by atoms with Crippen molar-refractivity contribution in [3.63, 3.8) is 0 Å². The van der Waals surface area contributed by atoms with E-state index in [2.05, 4.69) is 20.6 Å². The summed E-state index contributed by atoms with van der Waals surface area (Å²) in [7, 11) is 0. The van der Waals surface area contributed by atoms with Gasteiger partial charge in [0, 0.05) is 6.20 Å². The molecule has 2 N–H and O–H groups in total. The summed E-state index contributed by atoms with van der Waals surface area (Å²) >= 11 is 1.17. The summed E-state index contributed by atoms with van der Waals surface area (Å²) < 4.78 is 19.4. The van der Waals surface area contributed by atoms with Crippen molar-refractivity contribution < 1.29 is 18.4 Å². The van der Waals surface area contributed by atoms with Crippen molar-refractivity contribution in [2.24, 2.45) is 0 Å². The molecular formula is C22H17FN4O3S. The quantitative estimate of drug-likeness (QED) is 0.456. The predicted octanol–water partition coefficient (Wildman–Crippen LogP) is 5.06. The Morgan fingerprint density at radius 3 is 2.52 bits per heavy atom. The molecule has 1 aromatic carbocycles. The molecule has 0 atom stereocenters. The minimum atomic E-state index is -0.557. The summed E-state index contributed by atoms with van der Waals surface area (Å²) in [6.07, 6.45) is 1.49. The Bertz CT molecular complexity index is 1270. The number of pyridine rings is 1. The molecule has 4 aromatic rings. The van der Waals surface area contributed by atoms with Crippen LogP contribution in [0.3, 0.4) is 0 Å². The molecule has 0 fully saturated rings. The highest BCUT2D eigenvalue weighted by atomic mass is 32.1. The van der Waals surface area contributed by atoms with E-state index >= 15 is 0 Å². The number of halogens is 1. The lowest BCUT2D eigenvalue weighted by molar-refractivity contribution is 0.101. The van der Waals surface area contributed by atoms with E-state index in [0.29, 0.717) is 21.3 Å². The lowest BCUT2D eigenvalue weighted by Crippen LogP contribution is -2.17. The van der Waals surface area contributed by atoms with Crippen LogP contribution in [-0.2, 0) is 0 Å². The minimum absolute atomic E-state index is 0.123. The average molecular weight is 436 g/mol. The molecule has 0 aliphatic heterocycles. The van der Waals surface area contributed by atoms with Gasteiger partial charge in [0.15, 0.2) is 10.8 Å². The highest BCUT2D eigenvalue weighted by Gasteiger charge is 2.20. The third-order valence-corrected chi connectivity index (χ3v) is 5.50. The highest BCUT2D eigenvalue weighted by molar-refractivity contribution is 7.17. The Kier molecular flexibility index (Phi) is 5.59. The van der Waals surface area contributed by atoms with Gasteiger partial charge < -0.3 is 15.1 Å². The molecule has 9 heteroatoms. The first-order valence-electron chi connectivity index (χ1n) is 9.28. The molecule has 4 rings (SSSR count). The molecule has 7 nitrogen and oxygen atoms in total. The van der Waals surface area contributed by atoms with E-state index in [4.69, 9.17) is 4.42 Å². The zero-order valence-electron chi connectivity index (χ0n) is 16.6. The summed E-state index contributed by atoms with van der Waals surface area (Å²) in [4.78, 5) is 34.1. The van der Waals surface area contributed by atoms with Crippen LogP contribution in [-0.4, -0.2) is 21.8 Å². The zero-order chi connectivity index (χ0) is 22.0. The molecule has 0 saturated heterocycles. The van der Waals surface area contributed by atoms with Crippen LogP contribution in [0.2, 0.25) is 0 Å². The molecule has 0 aliphatic rings. The Morgan fingerprint density at radius 1 is 1.00 bits per heavy atom. The fourth-order valence-electron chi connectivity index (χ4n) is 2.85. The summed E-state index contributed by atoms with van der Waals surface area (Å²) in [6.45, 7) is 3.53. The van der Waals surface area contributed by atoms with Crippen molar-refractivity contribution in [1.82, 2.24) is 9.97 Å². The van der Waals surface area contributed by atoms with Gasteiger partial charge in [-0.05, 0) is 56.3 Å². The van der Waals surface area contributed by atoms with Gasteiger partial charge in [0.25, 0.3) is 11.8 Å². The van der Waals surface area contributed by atoms with Gasteiger partial charge in [0.1, 0.15) is 22.1 Å². The fraction of sp³-hybridized carbons (Fsp3) is 0.0909. The maximum Gasteiger partial charge on any atom is 0.274 e. The predicted molar refractivity (Wildman–Crippen MR) is 116 cm³/mol. The van der Waals surface area contributed by atoms with Crippen molar-refractivity contribution >= 4 is 34.5 Å². The molecule has 0 aliphatic carbocycles. The molecule has 156 valence electrons. The number of carbonyl (C=O) groups is 2. The molecule has 3 aromatic heterocycles. The van der Waals surface area contributed by atoms with Crippen LogP contribution in [0.25, 0.3) is 10.8 Å². The summed E-state index contributed by atoms with van der Waals surface area (Å²) in [6, 6.07) is 12.2. The Labute approximate surface area is 181 Å². The number of aryl methyl sites for hydroxylation is 2. The lowest BCUT2D eigenvalue weighted by atomic mass is 10.2. The van der Waals surface area contributed by atoms with Gasteiger partial charge in [-0.2, -0.15) is 0 Å². The number of thiazole rings is 1. The number of benzene rings is 1. The first-order valence-corrected chi connectivity index (χ1v) is 10.1. The van der Waals surface area contributed by atoms with Crippen LogP contribution < -0.4 is 10.6 Å². The van der Waals surface area contributed by atoms with E-state index in [1.807, 2.05) is 13.0 Å². The molecule has 31 heavy (non-hydrogen) atoms. The number of hydrogen-bond acceptors (Lipinski definition) is 6. The number of aromatic nitrogens is 2. The summed E-state index contributed by atoms with van der Waals surface area (Å²) in [5.74, 6) is -0.199. The van der Waals surface area contributed by atoms with Gasteiger partial charge in [0.05, 0.1) is 17.1 Å². The Balaban J connectivity index is 1.58. The van der Waals surface area contributed by atoms with E-state index < -0.39 is 17.6 Å². The Hall–Kier alpha value is -3.85. The number of rotatable bonds is 5. The third kappa shape index (κ3) is 4.51. The average Bonchev–Trinajstić information content (AvgIpc) is 3.36. The number of anilines is 2. The smallest absolute Gasteiger partial charge is 0.274 e. The van der Waals surface area contributed by atoms with Gasteiger partial charge in [0.2, 0.25) is 0 Å². The monoisotopic (exact) mass is 436 g/mol. The van der Waals surface area contributed by atoms with Crippen LogP contribution in [0.4, 0.5) is 15.8 Å². The normalized spacial score (nSPS) is 10.7. The number of amides is 2. The molecule has 3 heterocycles. The number of nitrogens with one attached hydrogen (secondary N) is 2. The number of hydrogen-bond donors (Lipinski definition) is 2. The van der Waals surface area contributed by atoms with E-state index in [1.165, 1.54) is 29.7 Å². The number of nitrogens with zero attached hydrogens (tertiary/aromatic N) is 2. The van der Waals surface area contributed by atoms with Crippen LogP contribution >= 0.6 is 11.3 Å². The van der Waals surface area contributed by atoms with Crippen LogP contribution in [0, 0.1) is 19.7 Å². The molecular weight excluding hydrogens is 419 g/mol. The summed E-state index contributed by atoms with van der Waals surface area (Å²) in [5, 5.41) is 5.88. The van der Waals surface area contributed by atoms with Crippen molar-refractivity contribution in [2.45, 2.75) is 13.8 Å². The van der Waals surface area contributed by atoms with E-state index in [-0.39, 0.29) is 17.1 Å². The number of carbonyl (C=O) groups excluding carboxylic acids is 2. The van der Waals surface area contributed by atoms with Crippen LogP contribution in [0.5, 0.6) is 0 Å². The van der Waals surface area contributed by atoms with Gasteiger partial charge in [-0.1, -0.05) is 6.07 Å². The van der Waals surface area contributed by atoms with Gasteiger partial charge in [-0.15, -0.1) is 11.3 Å². The topological polar surface area (TPSA) is 97.1 Å². The van der Waals surface area contributed by atoms with Crippen molar-refractivity contribution in [1.29, 1.82) is 0 Å². The first kappa shape index (κ1) is 20.4. The van der Waals surface area contributed by atoms with Gasteiger partial charge >= 0.3 is 0 Å². The summed E-state index contributed by atoms with van der Waals surface area (Å²) in [5.41, 5.74) is 1.08. The zero-order valence-corrected chi connectivity index (χ0v) is 17.4. The third-order valence-electron chi connectivity index (χ3n) is 4.33. The highest BCUT2D eigenvalue weighted by Crippen LogP contribution is 2.31. The Morgan fingerprint density at radius 2 is 1.81 bits per heavy atom. The van der Waals surface area contributed by atoms with Crippen LogP contribution in [0.15, 0.2) is 59.1 Å². The first-order chi connectivity index (χ1) is 14.9. The molecule has 0 spiro atoms. The fourth-order valence-corrected chi connectivity index (χ4v) is 3.78. The van der Waals surface area contributed by atoms with Crippen LogP contribution in [0.1, 0.15) is 31.6 Å². The van der Waals surface area contributed by atoms with E-state index in [0.717, 1.165) is 11.8 Å². The van der Waals surface area contributed by atoms with Gasteiger partial charge in [-0.25, -0.2) is 9.37 Å². The number of furan rings is 1. The maximum atomic E-state index is 13.9. The lowest BCUT2D eigenvalue weighted by Gasteiger charge is -2.12. The molecule has 0 unspecified atom stereocenters. The minimum Gasteiger partial charge on any atom is -0.459 e. The van der Waals surface area contributed by atoms with Crippen molar-refractivity contribution in [2.75, 3.05) is 10.6 Å². The standard InChI is InChI=1S/C22H17FN4O3S/c1-12-6-9-18(30-12)22-25-13(2)19(31-22)21(29)27-17-11-14(23)7-8-15(17)26-20(28)16-5-3-4-10-24-16/h3-11H,1-2H3,(H,26,28)(H,27,29). The second-order valence-electron chi connectivity index (χ2n) is 6.66. The molecule has 0 radical (unpaired) electrons. The van der Waals surface area contributed by atoms with Gasteiger partial charge in [-0.3, -0.25) is 14.6 Å². The molecule has 0 bridgehead atoms.